The number of carbonyl (C=O) groups is 1. The van der Waals surface area contributed by atoms with Gasteiger partial charge in [-0.25, -0.2) is 4.79 Å². The second kappa shape index (κ2) is 2.81. The van der Waals surface area contributed by atoms with Gasteiger partial charge in [0.05, 0.1) is 5.57 Å². The molecule has 2 rings (SSSR count). The predicted octanol–water partition coefficient (Wildman–Crippen LogP) is 1.63. The van der Waals surface area contributed by atoms with Crippen LogP contribution in [0.4, 0.5) is 0 Å². The van der Waals surface area contributed by atoms with E-state index in [1.165, 1.54) is 0 Å². The first-order chi connectivity index (χ1) is 5.86. The van der Waals surface area contributed by atoms with Crippen molar-refractivity contribution in [2.45, 2.75) is 0 Å². The third-order valence-electron chi connectivity index (χ3n) is 1.76. The Labute approximate surface area is 70.5 Å². The van der Waals surface area contributed by atoms with E-state index in [1.807, 2.05) is 36.4 Å². The maximum absolute atomic E-state index is 10.7. The lowest BCUT2D eigenvalue weighted by molar-refractivity contribution is -0.147. The number of hydrogen-bond donors (Lipinski definition) is 0. The van der Waals surface area contributed by atoms with Gasteiger partial charge in [0, 0.05) is 0 Å². The molecule has 1 aromatic carbocycles. The van der Waals surface area contributed by atoms with Crippen LogP contribution in [0.5, 0.6) is 0 Å². The fraction of sp³-hybridized carbons (Fsp3) is 0.100. The maximum atomic E-state index is 10.7. The van der Waals surface area contributed by atoms with E-state index in [4.69, 9.17) is 0 Å². The fourth-order valence-electron chi connectivity index (χ4n) is 1.07. The highest BCUT2D eigenvalue weighted by Gasteiger charge is 2.21. The molecule has 0 aliphatic carbocycles. The molecule has 0 aromatic heterocycles. The van der Waals surface area contributed by atoms with Crippen molar-refractivity contribution in [1.82, 2.24) is 0 Å². The lowest BCUT2D eigenvalue weighted by Crippen LogP contribution is -2.23. The van der Waals surface area contributed by atoms with Crippen LogP contribution < -0.4 is 0 Å². The fourth-order valence-corrected chi connectivity index (χ4v) is 1.07. The predicted molar refractivity (Wildman–Crippen MR) is 45.4 cm³/mol. The van der Waals surface area contributed by atoms with Crippen molar-refractivity contribution < 1.29 is 9.53 Å². The van der Waals surface area contributed by atoms with Gasteiger partial charge in [-0.05, 0) is 11.6 Å². The summed E-state index contributed by atoms with van der Waals surface area (Å²) in [6, 6.07) is 9.74. The minimum atomic E-state index is -0.196. The van der Waals surface area contributed by atoms with Crippen LogP contribution in [0, 0.1) is 0 Å². The lowest BCUT2D eigenvalue weighted by Gasteiger charge is -2.15. The molecule has 1 aliphatic heterocycles. The second-order valence-electron chi connectivity index (χ2n) is 2.66. The Kier molecular flexibility index (Phi) is 1.67. The summed E-state index contributed by atoms with van der Waals surface area (Å²) < 4.78 is 4.61. The Morgan fingerprint density at radius 2 is 2.00 bits per heavy atom. The summed E-state index contributed by atoms with van der Waals surface area (Å²) in [5, 5.41) is 0. The van der Waals surface area contributed by atoms with Crippen LogP contribution in [0.2, 0.25) is 0 Å². The molecular weight excluding hydrogens is 152 g/mol. The molecule has 0 saturated carbocycles. The topological polar surface area (TPSA) is 26.3 Å². The van der Waals surface area contributed by atoms with Gasteiger partial charge in [0.2, 0.25) is 0 Å². The van der Waals surface area contributed by atoms with E-state index in [1.54, 1.807) is 0 Å². The van der Waals surface area contributed by atoms with Crippen molar-refractivity contribution in [3.63, 3.8) is 0 Å². The third-order valence-corrected chi connectivity index (χ3v) is 1.76. The van der Waals surface area contributed by atoms with E-state index < -0.39 is 0 Å². The van der Waals surface area contributed by atoms with Gasteiger partial charge in [0.15, 0.2) is 0 Å². The van der Waals surface area contributed by atoms with Gasteiger partial charge >= 0.3 is 5.97 Å². The van der Waals surface area contributed by atoms with Crippen LogP contribution in [-0.4, -0.2) is 12.6 Å². The number of cyclic esters (lactones) is 1. The highest BCUT2D eigenvalue weighted by Crippen LogP contribution is 2.15. The van der Waals surface area contributed by atoms with Crippen molar-refractivity contribution in [1.29, 1.82) is 0 Å². The molecule has 12 heavy (non-hydrogen) atoms. The van der Waals surface area contributed by atoms with Crippen LogP contribution in [-0.2, 0) is 9.53 Å². The van der Waals surface area contributed by atoms with E-state index in [9.17, 15) is 4.79 Å². The number of benzene rings is 1. The van der Waals surface area contributed by atoms with Gasteiger partial charge < -0.3 is 4.74 Å². The molecule has 1 heterocycles. The summed E-state index contributed by atoms with van der Waals surface area (Å²) in [5.74, 6) is -0.196. The summed E-state index contributed by atoms with van der Waals surface area (Å²) in [6.07, 6.45) is 1.85. The highest BCUT2D eigenvalue weighted by atomic mass is 16.6. The monoisotopic (exact) mass is 160 g/mol. The zero-order chi connectivity index (χ0) is 8.39. The van der Waals surface area contributed by atoms with Gasteiger partial charge in [0.1, 0.15) is 6.61 Å². The Balaban J connectivity index is 2.23. The van der Waals surface area contributed by atoms with Crippen molar-refractivity contribution in [2.24, 2.45) is 0 Å². The zero-order valence-corrected chi connectivity index (χ0v) is 6.49. The molecule has 0 N–H and O–H groups in total. The SMILES string of the molecule is O=C1OCC1=Cc1ccccc1. The molecular formula is C10H8O2. The molecule has 0 unspecified atom stereocenters. The molecule has 1 aromatic rings. The smallest absolute Gasteiger partial charge is 0.337 e. The van der Waals surface area contributed by atoms with Crippen molar-refractivity contribution in [2.75, 3.05) is 6.61 Å². The van der Waals surface area contributed by atoms with Crippen LogP contribution >= 0.6 is 0 Å². The standard InChI is InChI=1S/C10H8O2/c11-10-9(7-12-10)6-8-4-2-1-3-5-8/h1-6H,7H2. The molecule has 1 saturated heterocycles. The summed E-state index contributed by atoms with van der Waals surface area (Å²) in [6.45, 7) is 0.452. The summed E-state index contributed by atoms with van der Waals surface area (Å²) in [4.78, 5) is 10.7. The number of hydrogen-bond acceptors (Lipinski definition) is 2. The van der Waals surface area contributed by atoms with E-state index in [0.717, 1.165) is 11.1 Å². The number of ether oxygens (including phenoxy) is 1. The Morgan fingerprint density at radius 3 is 2.50 bits per heavy atom. The molecule has 1 fully saturated rings. The van der Waals surface area contributed by atoms with Crippen LogP contribution in [0.1, 0.15) is 5.56 Å². The second-order valence-corrected chi connectivity index (χ2v) is 2.66. The molecule has 0 spiro atoms. The van der Waals surface area contributed by atoms with Crippen LogP contribution in [0.25, 0.3) is 6.08 Å². The van der Waals surface area contributed by atoms with Crippen LogP contribution in [0.3, 0.4) is 0 Å². The summed E-state index contributed by atoms with van der Waals surface area (Å²) >= 11 is 0. The Bertz CT molecular complexity index is 325. The van der Waals surface area contributed by atoms with E-state index in [2.05, 4.69) is 4.74 Å². The molecule has 60 valence electrons. The normalized spacial score (nSPS) is 18.7. The first-order valence-electron chi connectivity index (χ1n) is 3.79. The minimum Gasteiger partial charge on any atom is -0.457 e. The molecule has 2 nitrogen and oxygen atoms in total. The van der Waals surface area contributed by atoms with E-state index in [0.29, 0.717) is 6.61 Å². The number of rotatable bonds is 1. The van der Waals surface area contributed by atoms with Gasteiger partial charge in [-0.15, -0.1) is 0 Å². The maximum Gasteiger partial charge on any atom is 0.337 e. The molecule has 0 atom stereocenters. The van der Waals surface area contributed by atoms with Crippen LogP contribution in [0.15, 0.2) is 35.9 Å². The molecule has 0 radical (unpaired) electrons. The quantitative estimate of drug-likeness (QED) is 0.461. The van der Waals surface area contributed by atoms with Gasteiger partial charge in [-0.2, -0.15) is 0 Å². The van der Waals surface area contributed by atoms with Gasteiger partial charge in [0.25, 0.3) is 0 Å². The molecule has 2 heteroatoms. The summed E-state index contributed by atoms with van der Waals surface area (Å²) in [7, 11) is 0. The molecule has 0 amide bonds. The third kappa shape index (κ3) is 1.23. The van der Waals surface area contributed by atoms with Gasteiger partial charge in [-0.3, -0.25) is 0 Å². The summed E-state index contributed by atoms with van der Waals surface area (Å²) in [5.41, 5.74) is 1.80. The number of carbonyl (C=O) groups excluding carboxylic acids is 1. The van der Waals surface area contributed by atoms with Gasteiger partial charge in [-0.1, -0.05) is 30.3 Å². The molecule has 1 aliphatic rings. The first-order valence-corrected chi connectivity index (χ1v) is 3.79. The van der Waals surface area contributed by atoms with E-state index >= 15 is 0 Å². The Morgan fingerprint density at radius 1 is 1.25 bits per heavy atom. The zero-order valence-electron chi connectivity index (χ0n) is 6.49. The highest BCUT2D eigenvalue weighted by molar-refractivity contribution is 5.98. The van der Waals surface area contributed by atoms with Crippen molar-refractivity contribution >= 4 is 12.0 Å². The number of esters is 1. The minimum absolute atomic E-state index is 0.196. The average molecular weight is 160 g/mol. The van der Waals surface area contributed by atoms with E-state index in [-0.39, 0.29) is 5.97 Å². The first kappa shape index (κ1) is 7.10. The lowest BCUT2D eigenvalue weighted by atomic mass is 10.1. The average Bonchev–Trinajstić information content (AvgIpc) is 2.14. The van der Waals surface area contributed by atoms with Crippen molar-refractivity contribution in [3.8, 4) is 0 Å². The molecule has 0 bridgehead atoms. The van der Waals surface area contributed by atoms with Crippen molar-refractivity contribution in [3.05, 3.63) is 41.5 Å². The largest absolute Gasteiger partial charge is 0.457 e. The Hall–Kier alpha value is -1.57.